The summed E-state index contributed by atoms with van der Waals surface area (Å²) in [5, 5.41) is 14.9. The molecule has 9 nitrogen and oxygen atoms in total. The summed E-state index contributed by atoms with van der Waals surface area (Å²) in [6, 6.07) is 10.0. The van der Waals surface area contributed by atoms with Crippen molar-refractivity contribution in [3.8, 4) is 5.75 Å². The highest BCUT2D eigenvalue weighted by Gasteiger charge is 2.35. The number of halogens is 1. The number of hydrogen-bond donors (Lipinski definition) is 4. The number of phenols is 1. The van der Waals surface area contributed by atoms with E-state index in [9.17, 15) is 23.9 Å². The van der Waals surface area contributed by atoms with Crippen LogP contribution >= 0.6 is 0 Å². The second kappa shape index (κ2) is 7.74. The molecule has 0 fully saturated rings. The Balaban J connectivity index is 1.71. The number of carbonyl (C=O) groups excluding carboxylic acids is 3. The van der Waals surface area contributed by atoms with Crippen molar-refractivity contribution in [3.05, 3.63) is 59.9 Å². The normalized spacial score (nSPS) is 15.7. The lowest BCUT2D eigenvalue weighted by Gasteiger charge is -2.20. The highest BCUT2D eigenvalue weighted by atomic mass is 19.1. The Labute approximate surface area is 158 Å². The van der Waals surface area contributed by atoms with E-state index in [0.29, 0.717) is 5.69 Å². The van der Waals surface area contributed by atoms with E-state index in [1.807, 2.05) is 0 Å². The van der Waals surface area contributed by atoms with E-state index in [2.05, 4.69) is 16.0 Å². The molecule has 0 spiro atoms. The van der Waals surface area contributed by atoms with Gasteiger partial charge in [0.25, 0.3) is 11.8 Å². The van der Waals surface area contributed by atoms with Gasteiger partial charge in [0.15, 0.2) is 0 Å². The molecule has 0 aromatic heterocycles. The zero-order valence-corrected chi connectivity index (χ0v) is 14.4. The molecular weight excluding hydrogens is 369 g/mol. The number of para-hydroxylation sites is 1. The van der Waals surface area contributed by atoms with Crippen LogP contribution in [0.15, 0.2) is 53.6 Å². The molecular formula is C18H16FN5O4. The van der Waals surface area contributed by atoms with Gasteiger partial charge in [-0.25, -0.2) is 4.39 Å². The molecule has 10 heteroatoms. The van der Waals surface area contributed by atoms with E-state index in [0.717, 1.165) is 0 Å². The maximum absolute atomic E-state index is 13.1. The highest BCUT2D eigenvalue weighted by Crippen LogP contribution is 2.24. The number of amides is 3. The van der Waals surface area contributed by atoms with Gasteiger partial charge in [-0.3, -0.25) is 30.2 Å². The number of hydrazine groups is 1. The largest absolute Gasteiger partial charge is 0.507 e. The summed E-state index contributed by atoms with van der Waals surface area (Å²) in [6.45, 7) is 0. The Kier molecular flexibility index (Phi) is 5.21. The first-order valence-electron chi connectivity index (χ1n) is 8.17. The van der Waals surface area contributed by atoms with E-state index >= 15 is 0 Å². The van der Waals surface area contributed by atoms with Crippen LogP contribution in [0.25, 0.3) is 0 Å². The van der Waals surface area contributed by atoms with Crippen molar-refractivity contribution in [2.75, 3.05) is 5.01 Å². The molecule has 1 atom stereocenters. The predicted octanol–water partition coefficient (Wildman–Crippen LogP) is 0.413. The molecule has 2 aromatic rings. The smallest absolute Gasteiger partial charge is 0.285 e. The molecule has 0 radical (unpaired) electrons. The number of nitrogens with one attached hydrogen (secondary N) is 2. The Hall–Kier alpha value is -3.95. The fourth-order valence-electron chi connectivity index (χ4n) is 2.62. The molecule has 0 bridgehead atoms. The number of aromatic hydroxyl groups is 1. The van der Waals surface area contributed by atoms with Crippen molar-refractivity contribution in [2.45, 2.75) is 12.5 Å². The number of carbonyl (C=O) groups is 3. The predicted molar refractivity (Wildman–Crippen MR) is 97.6 cm³/mol. The Morgan fingerprint density at radius 2 is 1.71 bits per heavy atom. The average molecular weight is 385 g/mol. The second-order valence-electron chi connectivity index (χ2n) is 5.92. The van der Waals surface area contributed by atoms with E-state index in [4.69, 9.17) is 5.73 Å². The molecule has 144 valence electrons. The molecule has 0 saturated carbocycles. The van der Waals surface area contributed by atoms with Gasteiger partial charge in [-0.15, -0.1) is 0 Å². The van der Waals surface area contributed by atoms with Gasteiger partial charge in [0, 0.05) is 6.42 Å². The fourth-order valence-corrected chi connectivity index (χ4v) is 2.62. The summed E-state index contributed by atoms with van der Waals surface area (Å²) in [5.74, 6) is -2.91. The summed E-state index contributed by atoms with van der Waals surface area (Å²) in [6.07, 6.45) is -0.0923. The van der Waals surface area contributed by atoms with Gasteiger partial charge in [-0.1, -0.05) is 12.1 Å². The van der Waals surface area contributed by atoms with Crippen LogP contribution in [-0.4, -0.2) is 34.6 Å². The Morgan fingerprint density at radius 1 is 1.07 bits per heavy atom. The first-order valence-corrected chi connectivity index (χ1v) is 8.17. The van der Waals surface area contributed by atoms with Crippen LogP contribution in [0.1, 0.15) is 16.8 Å². The lowest BCUT2D eigenvalue weighted by atomic mass is 10.1. The topological polar surface area (TPSA) is 137 Å². The number of rotatable bonds is 4. The molecule has 0 unspecified atom stereocenters. The third kappa shape index (κ3) is 3.90. The minimum absolute atomic E-state index is 0.0286. The van der Waals surface area contributed by atoms with Gasteiger partial charge < -0.3 is 10.8 Å². The van der Waals surface area contributed by atoms with Crippen molar-refractivity contribution in [1.82, 2.24) is 10.9 Å². The van der Waals surface area contributed by atoms with Crippen LogP contribution < -0.4 is 21.6 Å². The first-order chi connectivity index (χ1) is 13.4. The average Bonchev–Trinajstić information content (AvgIpc) is 3.12. The van der Waals surface area contributed by atoms with Crippen LogP contribution in [-0.2, 0) is 9.59 Å². The number of anilines is 1. The number of primary amides is 1. The molecule has 28 heavy (non-hydrogen) atoms. The molecule has 1 heterocycles. The molecule has 0 saturated heterocycles. The third-order valence-electron chi connectivity index (χ3n) is 4.03. The van der Waals surface area contributed by atoms with Gasteiger partial charge in [-0.2, -0.15) is 5.10 Å². The van der Waals surface area contributed by atoms with E-state index in [1.165, 1.54) is 41.4 Å². The van der Waals surface area contributed by atoms with Crippen LogP contribution in [0, 0.1) is 5.82 Å². The number of nitrogens with zero attached hydrogens (tertiary/aromatic N) is 2. The molecule has 1 aliphatic heterocycles. The standard InChI is InChI=1S/C18H16FN5O4/c19-10-5-7-11(8-6-10)24-14(16(20)26)9-13(23-24)18(28)22-21-17(27)12-3-1-2-4-15(12)25/h1-8,14,25H,9H2,(H2,20,26)(H,21,27)(H,22,28)/t14-/m1/s1. The summed E-state index contributed by atoms with van der Waals surface area (Å²) in [5.41, 5.74) is 10.0. The molecule has 2 aromatic carbocycles. The van der Waals surface area contributed by atoms with Crippen molar-refractivity contribution < 1.29 is 23.9 Å². The van der Waals surface area contributed by atoms with Gasteiger partial charge in [-0.05, 0) is 36.4 Å². The maximum Gasteiger partial charge on any atom is 0.285 e. The zero-order chi connectivity index (χ0) is 20.3. The maximum atomic E-state index is 13.1. The molecule has 5 N–H and O–H groups in total. The molecule has 3 rings (SSSR count). The van der Waals surface area contributed by atoms with Crippen molar-refractivity contribution >= 4 is 29.1 Å². The van der Waals surface area contributed by atoms with E-state index in [-0.39, 0.29) is 23.4 Å². The highest BCUT2D eigenvalue weighted by molar-refractivity contribution is 6.40. The summed E-state index contributed by atoms with van der Waals surface area (Å²) < 4.78 is 13.1. The lowest BCUT2D eigenvalue weighted by molar-refractivity contribution is -0.119. The minimum Gasteiger partial charge on any atom is -0.507 e. The van der Waals surface area contributed by atoms with Crippen molar-refractivity contribution in [1.29, 1.82) is 0 Å². The summed E-state index contributed by atoms with van der Waals surface area (Å²) in [7, 11) is 0. The summed E-state index contributed by atoms with van der Waals surface area (Å²) in [4.78, 5) is 36.0. The van der Waals surface area contributed by atoms with Crippen LogP contribution in [0.5, 0.6) is 5.75 Å². The van der Waals surface area contributed by atoms with Crippen LogP contribution in [0.3, 0.4) is 0 Å². The number of hydrogen-bond acceptors (Lipinski definition) is 6. The van der Waals surface area contributed by atoms with Gasteiger partial charge >= 0.3 is 0 Å². The first kappa shape index (κ1) is 18.8. The van der Waals surface area contributed by atoms with Gasteiger partial charge in [0.2, 0.25) is 5.91 Å². The van der Waals surface area contributed by atoms with Crippen molar-refractivity contribution in [2.24, 2.45) is 10.8 Å². The lowest BCUT2D eigenvalue weighted by Crippen LogP contribution is -2.45. The number of hydrazone groups is 1. The van der Waals surface area contributed by atoms with Crippen LogP contribution in [0.4, 0.5) is 10.1 Å². The monoisotopic (exact) mass is 385 g/mol. The fraction of sp³-hybridized carbons (Fsp3) is 0.111. The van der Waals surface area contributed by atoms with E-state index < -0.39 is 29.6 Å². The molecule has 1 aliphatic rings. The minimum atomic E-state index is -0.930. The number of phenolic OH excluding ortho intramolecular Hbond substituents is 1. The molecule has 0 aliphatic carbocycles. The van der Waals surface area contributed by atoms with Gasteiger partial charge in [0.05, 0.1) is 11.3 Å². The number of benzene rings is 2. The Bertz CT molecular complexity index is 961. The zero-order valence-electron chi connectivity index (χ0n) is 14.4. The second-order valence-corrected chi connectivity index (χ2v) is 5.92. The molecule has 3 amide bonds. The van der Waals surface area contributed by atoms with E-state index in [1.54, 1.807) is 12.1 Å². The van der Waals surface area contributed by atoms with Crippen LogP contribution in [0.2, 0.25) is 0 Å². The quantitative estimate of drug-likeness (QED) is 0.565. The SMILES string of the molecule is NC(=O)[C@H]1CC(C(=O)NNC(=O)c2ccccc2O)=NN1c1ccc(F)cc1. The third-order valence-corrected chi connectivity index (χ3v) is 4.03. The summed E-state index contributed by atoms with van der Waals surface area (Å²) >= 11 is 0. The van der Waals surface area contributed by atoms with Crippen molar-refractivity contribution in [3.63, 3.8) is 0 Å². The Morgan fingerprint density at radius 3 is 2.36 bits per heavy atom. The number of nitrogens with two attached hydrogens (primary N) is 1. The van der Waals surface area contributed by atoms with Gasteiger partial charge in [0.1, 0.15) is 23.3 Å².